The van der Waals surface area contributed by atoms with Crippen molar-refractivity contribution in [3.8, 4) is 0 Å². The number of nitrogen functional groups attached to an aromatic ring is 1. The molecule has 1 aliphatic rings. The average Bonchev–Trinajstić information content (AvgIpc) is 2.24. The second-order valence-corrected chi connectivity index (χ2v) is 3.90. The third-order valence-electron chi connectivity index (χ3n) is 2.70. The molecular weight excluding hydrogens is 186 g/mol. The van der Waals surface area contributed by atoms with Gasteiger partial charge in [0, 0.05) is 11.4 Å². The summed E-state index contributed by atoms with van der Waals surface area (Å²) >= 11 is 0. The van der Waals surface area contributed by atoms with Crippen LogP contribution in [0, 0.1) is 0 Å². The molecule has 1 atom stereocenters. The summed E-state index contributed by atoms with van der Waals surface area (Å²) in [6, 6.07) is 7.63. The summed E-state index contributed by atoms with van der Waals surface area (Å²) in [7, 11) is 0. The van der Waals surface area contributed by atoms with E-state index in [0.717, 1.165) is 23.4 Å². The first-order valence-corrected chi connectivity index (χ1v) is 4.90. The molecule has 3 heteroatoms. The maximum Gasteiger partial charge on any atom is 0.0634 e. The first kappa shape index (κ1) is 9.80. The fourth-order valence-electron chi connectivity index (χ4n) is 1.68. The summed E-state index contributed by atoms with van der Waals surface area (Å²) in [5, 5.41) is 0. The largest absolute Gasteiger partial charge is 0.399 e. The van der Waals surface area contributed by atoms with Crippen LogP contribution in [-0.2, 0) is 5.54 Å². The molecule has 1 aromatic rings. The topological polar surface area (TPSA) is 78.1 Å². The average molecular weight is 201 g/mol. The second kappa shape index (κ2) is 3.44. The van der Waals surface area contributed by atoms with Crippen molar-refractivity contribution in [2.75, 3.05) is 5.73 Å². The summed E-state index contributed by atoms with van der Waals surface area (Å²) in [4.78, 5) is 0. The van der Waals surface area contributed by atoms with Crippen molar-refractivity contribution < 1.29 is 0 Å². The van der Waals surface area contributed by atoms with E-state index in [0.29, 0.717) is 0 Å². The fourth-order valence-corrected chi connectivity index (χ4v) is 1.68. The van der Waals surface area contributed by atoms with Crippen molar-refractivity contribution in [1.29, 1.82) is 0 Å². The molecule has 2 rings (SSSR count). The maximum absolute atomic E-state index is 6.26. The van der Waals surface area contributed by atoms with E-state index in [1.165, 1.54) is 0 Å². The van der Waals surface area contributed by atoms with Crippen molar-refractivity contribution >= 4 is 5.69 Å². The lowest BCUT2D eigenvalue weighted by molar-refractivity contribution is 0.562. The van der Waals surface area contributed by atoms with Crippen molar-refractivity contribution in [2.45, 2.75) is 12.0 Å². The van der Waals surface area contributed by atoms with Crippen LogP contribution < -0.4 is 17.2 Å². The molecule has 0 saturated carbocycles. The van der Waals surface area contributed by atoms with Gasteiger partial charge in [0.2, 0.25) is 0 Å². The van der Waals surface area contributed by atoms with Crippen LogP contribution in [0.1, 0.15) is 12.0 Å². The first-order chi connectivity index (χ1) is 7.10. The molecule has 1 unspecified atom stereocenters. The van der Waals surface area contributed by atoms with E-state index in [4.69, 9.17) is 17.2 Å². The normalized spacial score (nSPS) is 25.0. The lowest BCUT2D eigenvalue weighted by Crippen LogP contribution is -2.35. The molecule has 0 spiro atoms. The molecule has 1 aromatic carbocycles. The Bertz CT molecular complexity index is 417. The number of nitrogens with two attached hydrogens (primary N) is 3. The van der Waals surface area contributed by atoms with Crippen LogP contribution in [0.3, 0.4) is 0 Å². The minimum atomic E-state index is -0.448. The standard InChI is InChI=1S/C12H15N3/c13-10-3-1-9(2-4-10)12(15)7-5-11(14)6-8-12/h1-7H,8,13-15H2. The van der Waals surface area contributed by atoms with Crippen molar-refractivity contribution in [1.82, 2.24) is 0 Å². The Balaban J connectivity index is 2.32. The van der Waals surface area contributed by atoms with E-state index < -0.39 is 5.54 Å². The van der Waals surface area contributed by atoms with Crippen LogP contribution in [0.5, 0.6) is 0 Å². The van der Waals surface area contributed by atoms with E-state index in [9.17, 15) is 0 Å². The Hall–Kier alpha value is -1.74. The third kappa shape index (κ3) is 1.87. The maximum atomic E-state index is 6.26. The van der Waals surface area contributed by atoms with Gasteiger partial charge in [0.15, 0.2) is 0 Å². The smallest absolute Gasteiger partial charge is 0.0634 e. The molecule has 1 aliphatic carbocycles. The zero-order chi connectivity index (χ0) is 10.9. The Morgan fingerprint density at radius 1 is 1.07 bits per heavy atom. The SMILES string of the molecule is NC1=CCC(N)(c2ccc(N)cc2)C=C1. The molecule has 0 amide bonds. The molecule has 0 aromatic heterocycles. The molecule has 78 valence electrons. The molecule has 0 bridgehead atoms. The van der Waals surface area contributed by atoms with Crippen LogP contribution >= 0.6 is 0 Å². The molecular formula is C12H15N3. The number of hydrogen-bond acceptors (Lipinski definition) is 3. The van der Waals surface area contributed by atoms with Crippen LogP contribution in [-0.4, -0.2) is 0 Å². The summed E-state index contributed by atoms with van der Waals surface area (Å²) in [6.07, 6.45) is 6.45. The summed E-state index contributed by atoms with van der Waals surface area (Å²) in [6.45, 7) is 0. The predicted octanol–water partition coefficient (Wildman–Crippen LogP) is 1.23. The summed E-state index contributed by atoms with van der Waals surface area (Å²) < 4.78 is 0. The number of anilines is 1. The van der Waals surface area contributed by atoms with E-state index >= 15 is 0 Å². The van der Waals surface area contributed by atoms with Gasteiger partial charge in [-0.25, -0.2) is 0 Å². The highest BCUT2D eigenvalue weighted by Gasteiger charge is 2.24. The Morgan fingerprint density at radius 3 is 2.27 bits per heavy atom. The Kier molecular flexibility index (Phi) is 2.25. The van der Waals surface area contributed by atoms with Crippen molar-refractivity contribution in [3.05, 3.63) is 53.8 Å². The Morgan fingerprint density at radius 2 is 1.73 bits per heavy atom. The highest BCUT2D eigenvalue weighted by atomic mass is 14.7. The highest BCUT2D eigenvalue weighted by molar-refractivity contribution is 5.44. The van der Waals surface area contributed by atoms with Gasteiger partial charge in [-0.3, -0.25) is 0 Å². The summed E-state index contributed by atoms with van der Waals surface area (Å²) in [5.41, 5.74) is 19.7. The molecule has 0 fully saturated rings. The third-order valence-corrected chi connectivity index (χ3v) is 2.70. The van der Waals surface area contributed by atoms with Gasteiger partial charge in [0.25, 0.3) is 0 Å². The highest BCUT2D eigenvalue weighted by Crippen LogP contribution is 2.28. The fraction of sp³-hybridized carbons (Fsp3) is 0.167. The van der Waals surface area contributed by atoms with Crippen molar-refractivity contribution in [2.24, 2.45) is 11.5 Å². The zero-order valence-electron chi connectivity index (χ0n) is 8.48. The zero-order valence-corrected chi connectivity index (χ0v) is 8.48. The molecule has 3 nitrogen and oxygen atoms in total. The van der Waals surface area contributed by atoms with Crippen LogP contribution in [0.15, 0.2) is 48.2 Å². The molecule has 0 saturated heterocycles. The summed E-state index contributed by atoms with van der Waals surface area (Å²) in [5.74, 6) is 0. The van der Waals surface area contributed by atoms with Gasteiger partial charge in [0.05, 0.1) is 5.54 Å². The van der Waals surface area contributed by atoms with Crippen LogP contribution in [0.25, 0.3) is 0 Å². The second-order valence-electron chi connectivity index (χ2n) is 3.90. The molecule has 6 N–H and O–H groups in total. The van der Waals surface area contributed by atoms with Crippen LogP contribution in [0.4, 0.5) is 5.69 Å². The number of rotatable bonds is 1. The Labute approximate surface area is 89.3 Å². The molecule has 0 radical (unpaired) electrons. The predicted molar refractivity (Wildman–Crippen MR) is 62.7 cm³/mol. The lowest BCUT2D eigenvalue weighted by Gasteiger charge is -2.28. The minimum absolute atomic E-state index is 0.448. The van der Waals surface area contributed by atoms with Gasteiger partial charge in [-0.05, 0) is 30.2 Å². The molecule has 0 aliphatic heterocycles. The number of allylic oxidation sites excluding steroid dienone is 1. The van der Waals surface area contributed by atoms with Crippen LogP contribution in [0.2, 0.25) is 0 Å². The monoisotopic (exact) mass is 201 g/mol. The van der Waals surface area contributed by atoms with Gasteiger partial charge in [-0.15, -0.1) is 0 Å². The minimum Gasteiger partial charge on any atom is -0.399 e. The van der Waals surface area contributed by atoms with Crippen molar-refractivity contribution in [3.63, 3.8) is 0 Å². The van der Waals surface area contributed by atoms with Gasteiger partial charge in [-0.2, -0.15) is 0 Å². The quantitative estimate of drug-likeness (QED) is 0.598. The van der Waals surface area contributed by atoms with Gasteiger partial charge >= 0.3 is 0 Å². The molecule has 15 heavy (non-hydrogen) atoms. The van der Waals surface area contributed by atoms with E-state index in [-0.39, 0.29) is 0 Å². The number of benzene rings is 1. The van der Waals surface area contributed by atoms with Gasteiger partial charge in [-0.1, -0.05) is 24.3 Å². The van der Waals surface area contributed by atoms with E-state index in [1.54, 1.807) is 0 Å². The first-order valence-electron chi connectivity index (χ1n) is 4.90. The van der Waals surface area contributed by atoms with Gasteiger partial charge < -0.3 is 17.2 Å². The molecule has 0 heterocycles. The van der Waals surface area contributed by atoms with E-state index in [2.05, 4.69) is 0 Å². The lowest BCUT2D eigenvalue weighted by atomic mass is 9.84. The number of hydrogen-bond donors (Lipinski definition) is 3. The van der Waals surface area contributed by atoms with Gasteiger partial charge in [0.1, 0.15) is 0 Å². The van der Waals surface area contributed by atoms with E-state index in [1.807, 2.05) is 42.5 Å².